The largest absolute Gasteiger partial charge is 0.314 e. The fraction of sp³-hybridized carbons (Fsp3) is 1.00. The molecule has 4 atom stereocenters. The second-order valence-electron chi connectivity index (χ2n) is 6.53. The van der Waals surface area contributed by atoms with Gasteiger partial charge >= 0.3 is 0 Å². The molecule has 1 saturated carbocycles. The summed E-state index contributed by atoms with van der Waals surface area (Å²) in [6, 6.07) is 2.19. The first-order chi connectivity index (χ1) is 9.28. The first-order valence-electron chi connectivity index (χ1n) is 8.30. The minimum atomic E-state index is 0.668. The molecule has 0 amide bonds. The predicted molar refractivity (Wildman–Crippen MR) is 87.0 cm³/mol. The van der Waals surface area contributed by atoms with E-state index in [0.29, 0.717) is 6.04 Å². The molecule has 2 fully saturated rings. The third-order valence-corrected chi connectivity index (χ3v) is 5.87. The fourth-order valence-electron chi connectivity index (χ4n) is 3.71. The van der Waals surface area contributed by atoms with Crippen LogP contribution >= 0.6 is 11.8 Å². The van der Waals surface area contributed by atoms with Crippen LogP contribution in [-0.2, 0) is 0 Å². The Labute approximate surface area is 123 Å². The third kappa shape index (κ3) is 5.65. The van der Waals surface area contributed by atoms with E-state index < -0.39 is 0 Å². The van der Waals surface area contributed by atoms with Crippen molar-refractivity contribution in [3.63, 3.8) is 0 Å². The van der Waals surface area contributed by atoms with E-state index in [2.05, 4.69) is 35.6 Å². The van der Waals surface area contributed by atoms with E-state index >= 15 is 0 Å². The summed E-state index contributed by atoms with van der Waals surface area (Å²) in [5.74, 6) is 0. The van der Waals surface area contributed by atoms with E-state index in [9.17, 15) is 0 Å². The molecule has 1 aliphatic heterocycles. The molecule has 2 rings (SSSR count). The minimum absolute atomic E-state index is 0.668. The summed E-state index contributed by atoms with van der Waals surface area (Å²) in [6.45, 7) is 3.62. The first-order valence-corrected chi connectivity index (χ1v) is 9.59. The van der Waals surface area contributed by atoms with Gasteiger partial charge in [0.25, 0.3) is 0 Å². The first kappa shape index (κ1) is 15.7. The maximum Gasteiger partial charge on any atom is 0.00817 e. The molecular formula is C16H32N2S. The molecule has 4 unspecified atom stereocenters. The van der Waals surface area contributed by atoms with Gasteiger partial charge in [-0.05, 0) is 58.2 Å². The Hall–Kier alpha value is 0.270. The van der Waals surface area contributed by atoms with Gasteiger partial charge in [0.1, 0.15) is 0 Å². The number of thioether (sulfide) groups is 1. The van der Waals surface area contributed by atoms with E-state index in [-0.39, 0.29) is 0 Å². The van der Waals surface area contributed by atoms with Gasteiger partial charge in [-0.25, -0.2) is 0 Å². The summed E-state index contributed by atoms with van der Waals surface area (Å²) in [7, 11) is 0. The van der Waals surface area contributed by atoms with Gasteiger partial charge in [0, 0.05) is 23.4 Å². The Morgan fingerprint density at radius 2 is 2.05 bits per heavy atom. The van der Waals surface area contributed by atoms with Gasteiger partial charge in [0.05, 0.1) is 0 Å². The molecule has 1 heterocycles. The molecule has 0 aromatic carbocycles. The summed E-state index contributed by atoms with van der Waals surface area (Å²) in [5.41, 5.74) is 0. The smallest absolute Gasteiger partial charge is 0.00817 e. The van der Waals surface area contributed by atoms with Crippen molar-refractivity contribution in [2.24, 2.45) is 0 Å². The Kier molecular flexibility index (Phi) is 7.03. The Morgan fingerprint density at radius 1 is 1.16 bits per heavy atom. The summed E-state index contributed by atoms with van der Waals surface area (Å²) in [4.78, 5) is 0. The van der Waals surface area contributed by atoms with Gasteiger partial charge in [-0.1, -0.05) is 19.3 Å². The quantitative estimate of drug-likeness (QED) is 0.807. The zero-order valence-corrected chi connectivity index (χ0v) is 13.6. The lowest BCUT2D eigenvalue weighted by atomic mass is 9.93. The normalized spacial score (nSPS) is 34.7. The summed E-state index contributed by atoms with van der Waals surface area (Å²) < 4.78 is 0. The molecule has 19 heavy (non-hydrogen) atoms. The standard InChI is InChI=1S/C16H32N2S/c1-13(11-14-7-4-3-5-10-17-14)18-15-8-6-9-16(12-15)19-2/h13-18H,3-12H2,1-2H3. The monoisotopic (exact) mass is 284 g/mol. The van der Waals surface area contributed by atoms with E-state index in [1.165, 1.54) is 64.3 Å². The Bertz CT molecular complexity index is 239. The van der Waals surface area contributed by atoms with Crippen molar-refractivity contribution in [1.29, 1.82) is 0 Å². The van der Waals surface area contributed by atoms with Gasteiger partial charge in [0.15, 0.2) is 0 Å². The molecule has 0 radical (unpaired) electrons. The molecule has 0 aromatic rings. The lowest BCUT2D eigenvalue weighted by Crippen LogP contribution is -2.43. The number of rotatable bonds is 5. The maximum atomic E-state index is 3.90. The molecule has 0 aromatic heterocycles. The molecule has 112 valence electrons. The lowest BCUT2D eigenvalue weighted by Gasteiger charge is -2.32. The fourth-order valence-corrected chi connectivity index (χ4v) is 4.54. The number of nitrogens with one attached hydrogen (secondary N) is 2. The minimum Gasteiger partial charge on any atom is -0.314 e. The molecule has 1 saturated heterocycles. The van der Waals surface area contributed by atoms with Crippen LogP contribution in [0.15, 0.2) is 0 Å². The molecule has 2 nitrogen and oxygen atoms in total. The van der Waals surface area contributed by atoms with Gasteiger partial charge in [-0.2, -0.15) is 11.8 Å². The molecule has 0 bridgehead atoms. The van der Waals surface area contributed by atoms with Crippen LogP contribution in [0.2, 0.25) is 0 Å². The third-order valence-electron chi connectivity index (χ3n) is 4.78. The molecule has 1 aliphatic carbocycles. The van der Waals surface area contributed by atoms with Crippen LogP contribution in [0.25, 0.3) is 0 Å². The van der Waals surface area contributed by atoms with Gasteiger partial charge < -0.3 is 10.6 Å². The zero-order valence-electron chi connectivity index (χ0n) is 12.8. The average Bonchev–Trinajstić information content (AvgIpc) is 2.67. The van der Waals surface area contributed by atoms with Crippen LogP contribution in [0.5, 0.6) is 0 Å². The van der Waals surface area contributed by atoms with Gasteiger partial charge in [0.2, 0.25) is 0 Å². The molecular weight excluding hydrogens is 252 g/mol. The van der Waals surface area contributed by atoms with Gasteiger partial charge in [-0.15, -0.1) is 0 Å². The Balaban J connectivity index is 1.69. The van der Waals surface area contributed by atoms with Gasteiger partial charge in [-0.3, -0.25) is 0 Å². The van der Waals surface area contributed by atoms with E-state index in [0.717, 1.165) is 17.3 Å². The van der Waals surface area contributed by atoms with Crippen LogP contribution in [0.3, 0.4) is 0 Å². The van der Waals surface area contributed by atoms with Crippen LogP contribution in [0.4, 0.5) is 0 Å². The maximum absolute atomic E-state index is 3.90. The van der Waals surface area contributed by atoms with Crippen molar-refractivity contribution < 1.29 is 0 Å². The molecule has 2 aliphatic rings. The van der Waals surface area contributed by atoms with E-state index in [1.54, 1.807) is 0 Å². The topological polar surface area (TPSA) is 24.1 Å². The second-order valence-corrected chi connectivity index (χ2v) is 7.66. The van der Waals surface area contributed by atoms with Crippen LogP contribution in [0, 0.1) is 0 Å². The number of hydrogen-bond donors (Lipinski definition) is 2. The molecule has 3 heteroatoms. The zero-order chi connectivity index (χ0) is 13.5. The Morgan fingerprint density at radius 3 is 2.89 bits per heavy atom. The molecule has 0 spiro atoms. The van der Waals surface area contributed by atoms with E-state index in [1.807, 2.05) is 0 Å². The SMILES string of the molecule is CSC1CCCC(NC(C)CC2CCCCCN2)C1. The highest BCUT2D eigenvalue weighted by atomic mass is 32.2. The van der Waals surface area contributed by atoms with Crippen molar-refractivity contribution >= 4 is 11.8 Å². The average molecular weight is 285 g/mol. The van der Waals surface area contributed by atoms with Crippen molar-refractivity contribution in [2.45, 2.75) is 88.1 Å². The molecule has 2 N–H and O–H groups in total. The highest BCUT2D eigenvalue weighted by Crippen LogP contribution is 2.27. The van der Waals surface area contributed by atoms with Crippen molar-refractivity contribution in [3.05, 3.63) is 0 Å². The summed E-state index contributed by atoms with van der Waals surface area (Å²) in [6.07, 6.45) is 14.8. The second kappa shape index (κ2) is 8.53. The summed E-state index contributed by atoms with van der Waals surface area (Å²) in [5, 5.41) is 8.52. The van der Waals surface area contributed by atoms with E-state index in [4.69, 9.17) is 0 Å². The predicted octanol–water partition coefficient (Wildman–Crippen LogP) is 3.56. The van der Waals surface area contributed by atoms with Crippen molar-refractivity contribution in [3.8, 4) is 0 Å². The van der Waals surface area contributed by atoms with Crippen LogP contribution in [0.1, 0.15) is 64.7 Å². The van der Waals surface area contributed by atoms with Crippen LogP contribution < -0.4 is 10.6 Å². The lowest BCUT2D eigenvalue weighted by molar-refractivity contribution is 0.320. The highest BCUT2D eigenvalue weighted by Gasteiger charge is 2.23. The van der Waals surface area contributed by atoms with Crippen LogP contribution in [-0.4, -0.2) is 36.2 Å². The number of hydrogen-bond acceptors (Lipinski definition) is 3. The van der Waals surface area contributed by atoms with Crippen molar-refractivity contribution in [2.75, 3.05) is 12.8 Å². The highest BCUT2D eigenvalue weighted by molar-refractivity contribution is 7.99. The van der Waals surface area contributed by atoms with Crippen molar-refractivity contribution in [1.82, 2.24) is 10.6 Å². The summed E-state index contributed by atoms with van der Waals surface area (Å²) >= 11 is 2.06.